The number of ether oxygens (including phenoxy) is 1. The molecule has 0 amide bonds. The topological polar surface area (TPSA) is 57.6 Å². The number of nitrogens with one attached hydrogen (secondary N) is 1. The lowest BCUT2D eigenvalue weighted by molar-refractivity contribution is 0.0194. The van der Waals surface area contributed by atoms with Crippen LogP contribution in [-0.4, -0.2) is 59.5 Å². The third-order valence-corrected chi connectivity index (χ3v) is 4.47. The number of hydrogen-bond donors (Lipinski definition) is 2. The summed E-state index contributed by atoms with van der Waals surface area (Å²) in [5, 5.41) is 14.0. The molecular formula is C16H25N3O2. The summed E-state index contributed by atoms with van der Waals surface area (Å²) in [4.78, 5) is 6.46. The van der Waals surface area contributed by atoms with Crippen LogP contribution in [0.25, 0.3) is 0 Å². The molecule has 2 fully saturated rings. The van der Waals surface area contributed by atoms with Gasteiger partial charge in [-0.3, -0.25) is 9.88 Å². The summed E-state index contributed by atoms with van der Waals surface area (Å²) in [6.45, 7) is 4.30. The fraction of sp³-hybridized carbons (Fsp3) is 0.688. The Bertz CT molecular complexity index is 423. The first-order chi connectivity index (χ1) is 10.3. The van der Waals surface area contributed by atoms with Crippen molar-refractivity contribution in [1.29, 1.82) is 0 Å². The number of piperidine rings is 1. The molecule has 3 heterocycles. The summed E-state index contributed by atoms with van der Waals surface area (Å²) in [7, 11) is 0. The van der Waals surface area contributed by atoms with E-state index in [1.165, 1.54) is 5.56 Å². The molecule has 5 heteroatoms. The molecule has 116 valence electrons. The van der Waals surface area contributed by atoms with E-state index in [4.69, 9.17) is 4.74 Å². The fourth-order valence-corrected chi connectivity index (χ4v) is 3.25. The lowest BCUT2D eigenvalue weighted by Crippen LogP contribution is -2.55. The molecule has 0 saturated carbocycles. The van der Waals surface area contributed by atoms with Crippen molar-refractivity contribution in [2.75, 3.05) is 26.3 Å². The molecule has 0 aliphatic carbocycles. The number of nitrogens with zero attached hydrogens (tertiary/aromatic N) is 2. The highest BCUT2D eigenvalue weighted by Crippen LogP contribution is 2.16. The predicted octanol–water partition coefficient (Wildman–Crippen LogP) is 0.785. The van der Waals surface area contributed by atoms with Crippen LogP contribution in [0.3, 0.4) is 0 Å². The average molecular weight is 291 g/mol. The summed E-state index contributed by atoms with van der Waals surface area (Å²) in [6, 6.07) is 4.78. The van der Waals surface area contributed by atoms with Crippen molar-refractivity contribution in [3.63, 3.8) is 0 Å². The first-order valence-corrected chi connectivity index (χ1v) is 7.94. The zero-order chi connectivity index (χ0) is 14.5. The first-order valence-electron chi connectivity index (χ1n) is 7.94. The van der Waals surface area contributed by atoms with E-state index < -0.39 is 0 Å². The minimum Gasteiger partial charge on any atom is -0.390 e. The van der Waals surface area contributed by atoms with Gasteiger partial charge in [-0.15, -0.1) is 0 Å². The summed E-state index contributed by atoms with van der Waals surface area (Å²) in [5.74, 6) is 0. The number of aliphatic hydroxyl groups is 1. The van der Waals surface area contributed by atoms with Crippen LogP contribution in [0.2, 0.25) is 0 Å². The van der Waals surface area contributed by atoms with Crippen molar-refractivity contribution in [1.82, 2.24) is 15.2 Å². The van der Waals surface area contributed by atoms with E-state index in [9.17, 15) is 5.11 Å². The van der Waals surface area contributed by atoms with E-state index >= 15 is 0 Å². The van der Waals surface area contributed by atoms with Gasteiger partial charge in [0, 0.05) is 57.3 Å². The first kappa shape index (κ1) is 14.9. The third-order valence-electron chi connectivity index (χ3n) is 4.47. The van der Waals surface area contributed by atoms with Gasteiger partial charge in [-0.1, -0.05) is 6.07 Å². The van der Waals surface area contributed by atoms with Crippen LogP contribution in [0.5, 0.6) is 0 Å². The van der Waals surface area contributed by atoms with E-state index in [0.717, 1.165) is 52.1 Å². The highest BCUT2D eigenvalue weighted by atomic mass is 16.5. The number of likely N-dealkylation sites (tertiary alicyclic amines) is 1. The summed E-state index contributed by atoms with van der Waals surface area (Å²) < 4.78 is 5.38. The van der Waals surface area contributed by atoms with Crippen molar-refractivity contribution in [2.45, 2.75) is 44.0 Å². The minimum absolute atomic E-state index is 0.221. The van der Waals surface area contributed by atoms with Crippen molar-refractivity contribution in [3.8, 4) is 0 Å². The Kier molecular flexibility index (Phi) is 5.19. The molecule has 2 aliphatic heterocycles. The molecule has 0 aromatic carbocycles. The monoisotopic (exact) mass is 291 g/mol. The molecule has 3 rings (SSSR count). The van der Waals surface area contributed by atoms with Gasteiger partial charge in [0.05, 0.1) is 6.10 Å². The maximum absolute atomic E-state index is 10.4. The summed E-state index contributed by atoms with van der Waals surface area (Å²) >= 11 is 0. The van der Waals surface area contributed by atoms with Gasteiger partial charge in [0.15, 0.2) is 0 Å². The summed E-state index contributed by atoms with van der Waals surface area (Å²) in [5.41, 5.74) is 1.21. The molecule has 1 aromatic heterocycles. The molecule has 2 saturated heterocycles. The highest BCUT2D eigenvalue weighted by Gasteiger charge is 2.29. The Hall–Kier alpha value is -1.01. The van der Waals surface area contributed by atoms with E-state index in [-0.39, 0.29) is 12.1 Å². The zero-order valence-corrected chi connectivity index (χ0v) is 12.4. The molecule has 21 heavy (non-hydrogen) atoms. The highest BCUT2D eigenvalue weighted by molar-refractivity contribution is 5.08. The van der Waals surface area contributed by atoms with Crippen LogP contribution >= 0.6 is 0 Å². The van der Waals surface area contributed by atoms with Crippen LogP contribution < -0.4 is 5.32 Å². The van der Waals surface area contributed by atoms with Gasteiger partial charge in [0.25, 0.3) is 0 Å². The molecule has 2 N–H and O–H groups in total. The average Bonchev–Trinajstić information content (AvgIpc) is 2.52. The smallest absolute Gasteiger partial charge is 0.0820 e. The van der Waals surface area contributed by atoms with E-state index in [2.05, 4.69) is 21.3 Å². The fourth-order valence-electron chi connectivity index (χ4n) is 3.25. The standard InChI is InChI=1S/C16H25N3O2/c20-16-12-19(11-13-2-1-6-17-10-13)7-3-15(16)18-14-4-8-21-9-5-14/h1-2,6,10,14-16,18,20H,3-5,7-9,11-12H2/t15-,16-/m1/s1. The molecule has 2 aliphatic rings. The predicted molar refractivity (Wildman–Crippen MR) is 80.9 cm³/mol. The lowest BCUT2D eigenvalue weighted by Gasteiger charge is -2.38. The zero-order valence-electron chi connectivity index (χ0n) is 12.4. The third kappa shape index (κ3) is 4.23. The molecule has 1 aromatic rings. The quantitative estimate of drug-likeness (QED) is 0.859. The number of aromatic nitrogens is 1. The van der Waals surface area contributed by atoms with Crippen LogP contribution in [0.4, 0.5) is 0 Å². The van der Waals surface area contributed by atoms with Gasteiger partial charge < -0.3 is 15.2 Å². The van der Waals surface area contributed by atoms with Gasteiger partial charge in [-0.25, -0.2) is 0 Å². The Balaban J connectivity index is 1.47. The largest absolute Gasteiger partial charge is 0.390 e. The van der Waals surface area contributed by atoms with E-state index in [1.54, 1.807) is 6.20 Å². The second-order valence-corrected chi connectivity index (χ2v) is 6.11. The maximum atomic E-state index is 10.4. The van der Waals surface area contributed by atoms with Crippen LogP contribution in [-0.2, 0) is 11.3 Å². The molecule has 0 unspecified atom stereocenters. The van der Waals surface area contributed by atoms with Gasteiger partial charge in [0.1, 0.15) is 0 Å². The van der Waals surface area contributed by atoms with Crippen molar-refractivity contribution >= 4 is 0 Å². The number of β-amino-alcohol motifs (C(OH)–C–C–N with tert-alkyl or cyclic N) is 1. The second kappa shape index (κ2) is 7.31. The van der Waals surface area contributed by atoms with Crippen LogP contribution in [0.1, 0.15) is 24.8 Å². The minimum atomic E-state index is -0.293. The Morgan fingerprint density at radius 2 is 2.19 bits per heavy atom. The van der Waals surface area contributed by atoms with Gasteiger partial charge in [-0.05, 0) is 30.9 Å². The van der Waals surface area contributed by atoms with E-state index in [1.807, 2.05) is 12.3 Å². The number of pyridine rings is 1. The second-order valence-electron chi connectivity index (χ2n) is 6.11. The summed E-state index contributed by atoms with van der Waals surface area (Å²) in [6.07, 6.45) is 6.52. The SMILES string of the molecule is O[C@@H]1CN(Cc2cccnc2)CC[C@H]1NC1CCOCC1. The Morgan fingerprint density at radius 3 is 2.90 bits per heavy atom. The van der Waals surface area contributed by atoms with Crippen molar-refractivity contribution in [2.24, 2.45) is 0 Å². The number of aliphatic hydroxyl groups excluding tert-OH is 1. The van der Waals surface area contributed by atoms with Crippen LogP contribution in [0, 0.1) is 0 Å². The Morgan fingerprint density at radius 1 is 1.33 bits per heavy atom. The molecule has 5 nitrogen and oxygen atoms in total. The lowest BCUT2D eigenvalue weighted by atomic mass is 9.98. The molecule has 0 spiro atoms. The molecule has 0 bridgehead atoms. The van der Waals surface area contributed by atoms with E-state index in [0.29, 0.717) is 6.04 Å². The van der Waals surface area contributed by atoms with Gasteiger partial charge >= 0.3 is 0 Å². The van der Waals surface area contributed by atoms with Gasteiger partial charge in [0.2, 0.25) is 0 Å². The molecule has 2 atom stereocenters. The van der Waals surface area contributed by atoms with Crippen molar-refractivity contribution in [3.05, 3.63) is 30.1 Å². The van der Waals surface area contributed by atoms with Crippen molar-refractivity contribution < 1.29 is 9.84 Å². The van der Waals surface area contributed by atoms with Gasteiger partial charge in [-0.2, -0.15) is 0 Å². The normalized spacial score (nSPS) is 28.6. The number of rotatable bonds is 4. The number of hydrogen-bond acceptors (Lipinski definition) is 5. The molecule has 0 radical (unpaired) electrons. The Labute approximate surface area is 126 Å². The molecular weight excluding hydrogens is 266 g/mol. The van der Waals surface area contributed by atoms with Crippen LogP contribution in [0.15, 0.2) is 24.5 Å². The maximum Gasteiger partial charge on any atom is 0.0820 e.